The Hall–Kier alpha value is -1.49. The Labute approximate surface area is 85.3 Å². The van der Waals surface area contributed by atoms with E-state index in [1.165, 1.54) is 0 Å². The molecule has 0 aliphatic heterocycles. The molecule has 0 aliphatic carbocycles. The Morgan fingerprint density at radius 1 is 1.33 bits per heavy atom. The van der Waals surface area contributed by atoms with Crippen LogP contribution in [0.3, 0.4) is 0 Å². The molecule has 80 valence electrons. The molecule has 0 fully saturated rings. The van der Waals surface area contributed by atoms with Crippen LogP contribution in [0.25, 0.3) is 11.0 Å². The summed E-state index contributed by atoms with van der Waals surface area (Å²) in [5.74, 6) is -1.74. The van der Waals surface area contributed by atoms with Crippen LogP contribution < -0.4 is 0 Å². The van der Waals surface area contributed by atoms with Crippen molar-refractivity contribution in [3.63, 3.8) is 0 Å². The zero-order chi connectivity index (χ0) is 10.8. The minimum atomic E-state index is -0.875. The van der Waals surface area contributed by atoms with Gasteiger partial charge in [0.25, 0.3) is 0 Å². The summed E-state index contributed by atoms with van der Waals surface area (Å²) in [5, 5.41) is 0. The molecule has 0 N–H and O–H groups in total. The fourth-order valence-corrected chi connectivity index (χ4v) is 1.42. The van der Waals surface area contributed by atoms with Crippen molar-refractivity contribution in [2.24, 2.45) is 0 Å². The van der Waals surface area contributed by atoms with Crippen LogP contribution in [0.15, 0.2) is 18.5 Å². The van der Waals surface area contributed by atoms with E-state index in [1.54, 1.807) is 18.0 Å². The van der Waals surface area contributed by atoms with E-state index in [4.69, 9.17) is 4.74 Å². The molecule has 0 saturated carbocycles. The summed E-state index contributed by atoms with van der Waals surface area (Å²) in [6, 6.07) is 2.24. The largest absolute Gasteiger partial charge is 0.383 e. The first-order valence-electron chi connectivity index (χ1n) is 4.51. The summed E-state index contributed by atoms with van der Waals surface area (Å²) in [4.78, 5) is 3.97. The van der Waals surface area contributed by atoms with Gasteiger partial charge in [0.1, 0.15) is 0 Å². The highest BCUT2D eigenvalue weighted by Gasteiger charge is 2.08. The zero-order valence-corrected chi connectivity index (χ0v) is 8.20. The van der Waals surface area contributed by atoms with Crippen LogP contribution in [0, 0.1) is 11.6 Å². The van der Waals surface area contributed by atoms with Crippen LogP contribution in [0.1, 0.15) is 0 Å². The molecule has 5 heteroatoms. The van der Waals surface area contributed by atoms with Crippen molar-refractivity contribution >= 4 is 11.0 Å². The maximum atomic E-state index is 13.0. The molecule has 0 spiro atoms. The molecule has 2 aromatic rings. The van der Waals surface area contributed by atoms with Gasteiger partial charge < -0.3 is 9.30 Å². The summed E-state index contributed by atoms with van der Waals surface area (Å²) < 4.78 is 32.5. The number of rotatable bonds is 3. The van der Waals surface area contributed by atoms with Crippen LogP contribution >= 0.6 is 0 Å². The SMILES string of the molecule is COCCn1cnc2cc(F)c(F)cc21. The summed E-state index contributed by atoms with van der Waals surface area (Å²) in [6.45, 7) is 1.07. The summed E-state index contributed by atoms with van der Waals surface area (Å²) >= 11 is 0. The molecule has 0 amide bonds. The highest BCUT2D eigenvalue weighted by atomic mass is 19.2. The lowest BCUT2D eigenvalue weighted by Gasteiger charge is -2.02. The maximum Gasteiger partial charge on any atom is 0.161 e. The number of nitrogens with zero attached hydrogens (tertiary/aromatic N) is 2. The first-order chi connectivity index (χ1) is 7.22. The Bertz CT molecular complexity index is 481. The molecule has 3 nitrogen and oxygen atoms in total. The Morgan fingerprint density at radius 2 is 2.07 bits per heavy atom. The lowest BCUT2D eigenvalue weighted by Crippen LogP contribution is -2.02. The van der Waals surface area contributed by atoms with Gasteiger partial charge in [-0.15, -0.1) is 0 Å². The number of methoxy groups -OCH3 is 1. The lowest BCUT2D eigenvalue weighted by atomic mass is 10.3. The van der Waals surface area contributed by atoms with Crippen molar-refractivity contribution in [2.45, 2.75) is 6.54 Å². The monoisotopic (exact) mass is 212 g/mol. The van der Waals surface area contributed by atoms with Crippen molar-refractivity contribution in [1.82, 2.24) is 9.55 Å². The molecule has 2 rings (SSSR count). The predicted molar refractivity (Wildman–Crippen MR) is 51.5 cm³/mol. The van der Waals surface area contributed by atoms with E-state index in [9.17, 15) is 8.78 Å². The topological polar surface area (TPSA) is 27.1 Å². The summed E-state index contributed by atoms with van der Waals surface area (Å²) in [7, 11) is 1.58. The zero-order valence-electron chi connectivity index (χ0n) is 8.20. The first kappa shape index (κ1) is 10.0. The van der Waals surface area contributed by atoms with Gasteiger partial charge in [-0.2, -0.15) is 0 Å². The van der Waals surface area contributed by atoms with Gasteiger partial charge in [-0.05, 0) is 0 Å². The Kier molecular flexibility index (Phi) is 2.64. The smallest absolute Gasteiger partial charge is 0.161 e. The average Bonchev–Trinajstić information content (AvgIpc) is 2.59. The van der Waals surface area contributed by atoms with Gasteiger partial charge in [0, 0.05) is 25.8 Å². The number of hydrogen-bond donors (Lipinski definition) is 0. The van der Waals surface area contributed by atoms with Gasteiger partial charge in [-0.25, -0.2) is 13.8 Å². The van der Waals surface area contributed by atoms with Gasteiger partial charge in [0.15, 0.2) is 11.6 Å². The third kappa shape index (κ3) is 1.83. The van der Waals surface area contributed by atoms with Crippen LogP contribution in [0.2, 0.25) is 0 Å². The standard InChI is InChI=1S/C10H10F2N2O/c1-15-3-2-14-6-13-9-4-7(11)8(12)5-10(9)14/h4-6H,2-3H2,1H3. The van der Waals surface area contributed by atoms with Crippen LogP contribution in [0.4, 0.5) is 8.78 Å². The lowest BCUT2D eigenvalue weighted by molar-refractivity contribution is 0.188. The third-order valence-corrected chi connectivity index (χ3v) is 2.20. The summed E-state index contributed by atoms with van der Waals surface area (Å²) in [6.07, 6.45) is 1.54. The predicted octanol–water partition coefficient (Wildman–Crippen LogP) is 1.96. The first-order valence-corrected chi connectivity index (χ1v) is 4.51. The molecule has 1 heterocycles. The van der Waals surface area contributed by atoms with Crippen molar-refractivity contribution < 1.29 is 13.5 Å². The van der Waals surface area contributed by atoms with E-state index in [-0.39, 0.29) is 0 Å². The third-order valence-electron chi connectivity index (χ3n) is 2.20. The molecule has 0 radical (unpaired) electrons. The maximum absolute atomic E-state index is 13.0. The van der Waals surface area contributed by atoms with Crippen molar-refractivity contribution in [3.8, 4) is 0 Å². The fourth-order valence-electron chi connectivity index (χ4n) is 1.42. The van der Waals surface area contributed by atoms with Crippen molar-refractivity contribution in [1.29, 1.82) is 0 Å². The van der Waals surface area contributed by atoms with Crippen molar-refractivity contribution in [3.05, 3.63) is 30.1 Å². The normalized spacial score (nSPS) is 11.1. The minimum Gasteiger partial charge on any atom is -0.383 e. The van der Waals surface area contributed by atoms with E-state index in [0.717, 1.165) is 12.1 Å². The van der Waals surface area contributed by atoms with Gasteiger partial charge in [0.05, 0.1) is 24.0 Å². The molecule has 0 bridgehead atoms. The molecule has 1 aromatic carbocycles. The molecule has 0 atom stereocenters. The number of ether oxygens (including phenoxy) is 1. The van der Waals surface area contributed by atoms with E-state index >= 15 is 0 Å². The molecule has 0 saturated heterocycles. The number of benzene rings is 1. The molecular weight excluding hydrogens is 202 g/mol. The number of hydrogen-bond acceptors (Lipinski definition) is 2. The average molecular weight is 212 g/mol. The highest BCUT2D eigenvalue weighted by Crippen LogP contribution is 2.17. The van der Waals surface area contributed by atoms with Gasteiger partial charge in [0.2, 0.25) is 0 Å². The van der Waals surface area contributed by atoms with Crippen LogP contribution in [0.5, 0.6) is 0 Å². The Morgan fingerprint density at radius 3 is 2.80 bits per heavy atom. The second-order valence-corrected chi connectivity index (χ2v) is 3.19. The molecule has 0 unspecified atom stereocenters. The second kappa shape index (κ2) is 3.94. The second-order valence-electron chi connectivity index (χ2n) is 3.19. The van der Waals surface area contributed by atoms with E-state index in [2.05, 4.69) is 4.98 Å². The summed E-state index contributed by atoms with van der Waals surface area (Å²) in [5.41, 5.74) is 1.02. The van der Waals surface area contributed by atoms with Gasteiger partial charge in [-0.3, -0.25) is 0 Å². The van der Waals surface area contributed by atoms with E-state index in [0.29, 0.717) is 24.2 Å². The quantitative estimate of drug-likeness (QED) is 0.777. The highest BCUT2D eigenvalue weighted by molar-refractivity contribution is 5.75. The minimum absolute atomic E-state index is 0.449. The molecular formula is C10H10F2N2O. The molecule has 1 aromatic heterocycles. The number of fused-ring (bicyclic) bond motifs is 1. The van der Waals surface area contributed by atoms with E-state index in [1.807, 2.05) is 0 Å². The van der Waals surface area contributed by atoms with Crippen LogP contribution in [-0.2, 0) is 11.3 Å². The Balaban J connectivity index is 2.45. The van der Waals surface area contributed by atoms with Gasteiger partial charge >= 0.3 is 0 Å². The number of halogens is 2. The van der Waals surface area contributed by atoms with Crippen molar-refractivity contribution in [2.75, 3.05) is 13.7 Å². The molecule has 0 aliphatic rings. The van der Waals surface area contributed by atoms with Gasteiger partial charge in [-0.1, -0.05) is 0 Å². The number of imidazole rings is 1. The van der Waals surface area contributed by atoms with E-state index < -0.39 is 11.6 Å². The number of aromatic nitrogens is 2. The van der Waals surface area contributed by atoms with Crippen LogP contribution in [-0.4, -0.2) is 23.3 Å². The fraction of sp³-hybridized carbons (Fsp3) is 0.300. The molecule has 15 heavy (non-hydrogen) atoms.